The van der Waals surface area contributed by atoms with Crippen molar-refractivity contribution in [1.82, 2.24) is 9.88 Å². The summed E-state index contributed by atoms with van der Waals surface area (Å²) >= 11 is 11.9. The Bertz CT molecular complexity index is 548. The SMILES string of the molecule is CN(Cc1nc(Cl)ccc1Cl)C1CCS(=O)(=O)C1. The summed E-state index contributed by atoms with van der Waals surface area (Å²) in [4.78, 5) is 6.13. The molecule has 1 unspecified atom stereocenters. The third kappa shape index (κ3) is 3.35. The minimum absolute atomic E-state index is 0.0341. The molecule has 1 aliphatic heterocycles. The number of hydrogen-bond donors (Lipinski definition) is 0. The average Bonchev–Trinajstić information content (AvgIpc) is 2.64. The van der Waals surface area contributed by atoms with Crippen LogP contribution < -0.4 is 0 Å². The summed E-state index contributed by atoms with van der Waals surface area (Å²) in [7, 11) is -0.993. The van der Waals surface area contributed by atoms with Crippen molar-refractivity contribution >= 4 is 33.0 Å². The second kappa shape index (κ2) is 5.33. The van der Waals surface area contributed by atoms with Crippen LogP contribution >= 0.6 is 23.2 Å². The largest absolute Gasteiger partial charge is 0.296 e. The quantitative estimate of drug-likeness (QED) is 0.802. The van der Waals surface area contributed by atoms with Gasteiger partial charge in [-0.05, 0) is 25.6 Å². The molecule has 0 radical (unpaired) electrons. The molecular formula is C11H14Cl2N2O2S. The van der Waals surface area contributed by atoms with Crippen LogP contribution in [0.4, 0.5) is 0 Å². The molecule has 0 saturated carbocycles. The molecule has 4 nitrogen and oxygen atoms in total. The van der Waals surface area contributed by atoms with Gasteiger partial charge in [0.2, 0.25) is 0 Å². The lowest BCUT2D eigenvalue weighted by Crippen LogP contribution is -2.32. The summed E-state index contributed by atoms with van der Waals surface area (Å²) in [6.45, 7) is 0.500. The van der Waals surface area contributed by atoms with Crippen molar-refractivity contribution in [2.45, 2.75) is 19.0 Å². The first-order valence-electron chi connectivity index (χ1n) is 5.59. The van der Waals surface area contributed by atoms with Crippen molar-refractivity contribution in [3.8, 4) is 0 Å². The van der Waals surface area contributed by atoms with Gasteiger partial charge in [0, 0.05) is 12.6 Å². The Morgan fingerprint density at radius 1 is 1.44 bits per heavy atom. The van der Waals surface area contributed by atoms with E-state index < -0.39 is 9.84 Å². The van der Waals surface area contributed by atoms with Gasteiger partial charge >= 0.3 is 0 Å². The molecule has 1 aromatic heterocycles. The van der Waals surface area contributed by atoms with Gasteiger partial charge in [-0.2, -0.15) is 0 Å². The van der Waals surface area contributed by atoms with Crippen molar-refractivity contribution in [1.29, 1.82) is 0 Å². The Kier molecular flexibility index (Phi) is 4.16. The Morgan fingerprint density at radius 2 is 2.17 bits per heavy atom. The molecule has 0 bridgehead atoms. The number of pyridine rings is 1. The van der Waals surface area contributed by atoms with E-state index in [1.165, 1.54) is 0 Å². The van der Waals surface area contributed by atoms with Crippen LogP contribution in [0.25, 0.3) is 0 Å². The van der Waals surface area contributed by atoms with E-state index in [1.807, 2.05) is 11.9 Å². The summed E-state index contributed by atoms with van der Waals surface area (Å²) in [5, 5.41) is 0.939. The fourth-order valence-corrected chi connectivity index (χ4v) is 4.19. The molecular weight excluding hydrogens is 295 g/mol. The first-order chi connectivity index (χ1) is 8.37. The molecule has 0 aliphatic carbocycles. The molecule has 1 fully saturated rings. The van der Waals surface area contributed by atoms with E-state index in [9.17, 15) is 8.42 Å². The van der Waals surface area contributed by atoms with E-state index in [0.717, 1.165) is 0 Å². The molecule has 0 amide bonds. The lowest BCUT2D eigenvalue weighted by Gasteiger charge is -2.22. The Labute approximate surface area is 117 Å². The maximum absolute atomic E-state index is 11.4. The van der Waals surface area contributed by atoms with E-state index in [0.29, 0.717) is 28.8 Å². The molecule has 7 heteroatoms. The zero-order valence-electron chi connectivity index (χ0n) is 9.94. The molecule has 100 valence electrons. The van der Waals surface area contributed by atoms with Crippen LogP contribution in [-0.2, 0) is 16.4 Å². The molecule has 1 atom stereocenters. The van der Waals surface area contributed by atoms with Gasteiger partial charge < -0.3 is 0 Å². The highest BCUT2D eigenvalue weighted by molar-refractivity contribution is 7.91. The lowest BCUT2D eigenvalue weighted by atomic mass is 10.2. The monoisotopic (exact) mass is 308 g/mol. The Hall–Kier alpha value is -0.360. The number of sulfone groups is 1. The number of nitrogens with zero attached hydrogens (tertiary/aromatic N) is 2. The lowest BCUT2D eigenvalue weighted by molar-refractivity contribution is 0.251. The predicted molar refractivity (Wildman–Crippen MR) is 72.8 cm³/mol. The van der Waals surface area contributed by atoms with Crippen molar-refractivity contribution < 1.29 is 8.42 Å². The van der Waals surface area contributed by atoms with Gasteiger partial charge in [-0.15, -0.1) is 0 Å². The van der Waals surface area contributed by atoms with Gasteiger partial charge in [-0.3, -0.25) is 4.90 Å². The van der Waals surface area contributed by atoms with Crippen molar-refractivity contribution in [2.24, 2.45) is 0 Å². The fourth-order valence-electron chi connectivity index (χ4n) is 2.06. The highest BCUT2D eigenvalue weighted by Gasteiger charge is 2.30. The van der Waals surface area contributed by atoms with Crippen molar-refractivity contribution in [3.63, 3.8) is 0 Å². The van der Waals surface area contributed by atoms with Crippen LogP contribution in [0.1, 0.15) is 12.1 Å². The van der Waals surface area contributed by atoms with Crippen LogP contribution in [0.15, 0.2) is 12.1 Å². The van der Waals surface area contributed by atoms with E-state index >= 15 is 0 Å². The summed E-state index contributed by atoms with van der Waals surface area (Å²) in [6, 6.07) is 3.37. The average molecular weight is 309 g/mol. The van der Waals surface area contributed by atoms with Crippen LogP contribution in [0, 0.1) is 0 Å². The highest BCUT2D eigenvalue weighted by Crippen LogP contribution is 2.22. The van der Waals surface area contributed by atoms with Gasteiger partial charge in [0.1, 0.15) is 5.15 Å². The van der Waals surface area contributed by atoms with Gasteiger partial charge in [-0.1, -0.05) is 23.2 Å². The maximum atomic E-state index is 11.4. The zero-order chi connectivity index (χ0) is 13.3. The predicted octanol–water partition coefficient (Wildman–Crippen LogP) is 2.01. The second-order valence-corrected chi connectivity index (χ2v) is 7.56. The Balaban J connectivity index is 2.08. The van der Waals surface area contributed by atoms with Gasteiger partial charge in [0.25, 0.3) is 0 Å². The minimum Gasteiger partial charge on any atom is -0.296 e. The molecule has 0 aromatic carbocycles. The topological polar surface area (TPSA) is 50.3 Å². The molecule has 0 N–H and O–H groups in total. The molecule has 1 aromatic rings. The van der Waals surface area contributed by atoms with Crippen LogP contribution in [0.3, 0.4) is 0 Å². The van der Waals surface area contributed by atoms with Crippen LogP contribution in [0.5, 0.6) is 0 Å². The molecule has 1 saturated heterocycles. The Morgan fingerprint density at radius 3 is 2.78 bits per heavy atom. The first-order valence-corrected chi connectivity index (χ1v) is 8.17. The van der Waals surface area contributed by atoms with Crippen molar-refractivity contribution in [2.75, 3.05) is 18.6 Å². The van der Waals surface area contributed by atoms with Crippen LogP contribution in [-0.4, -0.2) is 42.9 Å². The highest BCUT2D eigenvalue weighted by atomic mass is 35.5. The number of aromatic nitrogens is 1. The second-order valence-electron chi connectivity index (χ2n) is 4.53. The zero-order valence-corrected chi connectivity index (χ0v) is 12.3. The van der Waals surface area contributed by atoms with E-state index in [1.54, 1.807) is 12.1 Å². The van der Waals surface area contributed by atoms with Gasteiger partial charge in [0.05, 0.1) is 22.2 Å². The van der Waals surface area contributed by atoms with Gasteiger partial charge in [0.15, 0.2) is 9.84 Å². The third-order valence-corrected chi connectivity index (χ3v) is 5.42. The third-order valence-electron chi connectivity index (χ3n) is 3.12. The summed E-state index contributed by atoms with van der Waals surface area (Å²) in [5.41, 5.74) is 0.677. The number of rotatable bonds is 3. The molecule has 1 aliphatic rings. The smallest absolute Gasteiger partial charge is 0.151 e. The first kappa shape index (κ1) is 14.1. The van der Waals surface area contributed by atoms with Crippen LogP contribution in [0.2, 0.25) is 10.2 Å². The maximum Gasteiger partial charge on any atom is 0.151 e. The van der Waals surface area contributed by atoms with Crippen molar-refractivity contribution in [3.05, 3.63) is 28.0 Å². The number of hydrogen-bond acceptors (Lipinski definition) is 4. The molecule has 2 heterocycles. The normalized spacial score (nSPS) is 22.6. The van der Waals surface area contributed by atoms with E-state index in [4.69, 9.17) is 23.2 Å². The standard InChI is InChI=1S/C11H14Cl2N2O2S/c1-15(8-4-5-18(16,17)7-8)6-10-9(12)2-3-11(13)14-10/h2-3,8H,4-7H2,1H3. The van der Waals surface area contributed by atoms with E-state index in [-0.39, 0.29) is 17.5 Å². The molecule has 18 heavy (non-hydrogen) atoms. The van der Waals surface area contributed by atoms with E-state index in [2.05, 4.69) is 4.98 Å². The summed E-state index contributed by atoms with van der Waals surface area (Å²) < 4.78 is 22.9. The minimum atomic E-state index is -2.87. The summed E-state index contributed by atoms with van der Waals surface area (Å²) in [5.74, 6) is 0.473. The molecule has 0 spiro atoms. The number of halogens is 2. The summed E-state index contributed by atoms with van der Waals surface area (Å²) in [6.07, 6.45) is 0.664. The molecule has 2 rings (SSSR count). The van der Waals surface area contributed by atoms with Gasteiger partial charge in [-0.25, -0.2) is 13.4 Å². The fraction of sp³-hybridized carbons (Fsp3) is 0.545.